The smallest absolute Gasteiger partial charge is 0.384 e. The number of esters is 4. The highest BCUT2D eigenvalue weighted by molar-refractivity contribution is 6.01. The Balaban J connectivity index is 0.000000165. The van der Waals surface area contributed by atoms with E-state index in [0.29, 0.717) is 30.1 Å². The van der Waals surface area contributed by atoms with Crippen molar-refractivity contribution in [3.05, 3.63) is 117 Å². The van der Waals surface area contributed by atoms with E-state index in [9.17, 15) is 19.2 Å². The van der Waals surface area contributed by atoms with E-state index in [2.05, 4.69) is 59.0 Å². The van der Waals surface area contributed by atoms with Crippen LogP contribution < -0.4 is 0 Å². The average Bonchev–Trinajstić information content (AvgIpc) is 3.15. The number of fused-ring (bicyclic) bond motifs is 9. The van der Waals surface area contributed by atoms with Crippen LogP contribution >= 0.6 is 0 Å². The normalized spacial score (nSPS) is 22.2. The largest absolute Gasteiger partial charge is 0.466 e. The van der Waals surface area contributed by atoms with E-state index in [-0.39, 0.29) is 18.3 Å². The topological polar surface area (TPSA) is 124 Å². The molecule has 1 saturated heterocycles. The van der Waals surface area contributed by atoms with Gasteiger partial charge in [-0.05, 0) is 64.7 Å². The second-order valence-corrected chi connectivity index (χ2v) is 12.3. The molecule has 4 aliphatic heterocycles. The van der Waals surface area contributed by atoms with Crippen LogP contribution in [0.25, 0.3) is 0 Å². The van der Waals surface area contributed by atoms with Gasteiger partial charge < -0.3 is 28.4 Å². The Morgan fingerprint density at radius 2 is 1.12 bits per heavy atom. The highest BCUT2D eigenvalue weighted by Gasteiger charge is 2.41. The molecule has 1 fully saturated rings. The molecule has 2 aromatic carbocycles. The third-order valence-electron chi connectivity index (χ3n) is 9.34. The van der Waals surface area contributed by atoms with Crippen molar-refractivity contribution in [3.63, 3.8) is 0 Å². The molecule has 2 aromatic rings. The number of carbonyl (C=O) groups is 4. The standard InChI is InChI=1S/C20H20O5.C14H14O.C6H6O4/c1-23-19(21)16-9-12-8-13-7-11-5-3-4-6-14(11)18(25-13)15(12)10-17(16)20(22)24-2;1-9-7-12-8-11-5-3-4-6-13(11)14(15-12)10(9)2;1-9-5(7)3-4-6(8)10-2/h3-6,13,18H,7-10H2,1-2H3;3-6,12,14H,1-2,7-8H2;1-2H3. The Morgan fingerprint density at radius 1 is 0.640 bits per heavy atom. The molecule has 4 bridgehead atoms. The van der Waals surface area contributed by atoms with E-state index in [0.717, 1.165) is 48.0 Å². The molecule has 0 amide bonds. The first-order valence-corrected chi connectivity index (χ1v) is 16.2. The van der Waals surface area contributed by atoms with E-state index in [1.165, 1.54) is 50.7 Å². The van der Waals surface area contributed by atoms with Gasteiger partial charge in [0, 0.05) is 24.7 Å². The van der Waals surface area contributed by atoms with Gasteiger partial charge in [0.25, 0.3) is 0 Å². The van der Waals surface area contributed by atoms with Crippen LogP contribution in [0, 0.1) is 11.8 Å². The lowest BCUT2D eigenvalue weighted by molar-refractivity contribution is -0.139. The summed E-state index contributed by atoms with van der Waals surface area (Å²) in [4.78, 5) is 44.9. The summed E-state index contributed by atoms with van der Waals surface area (Å²) in [5.74, 6) is 1.35. The number of hydrogen-bond donors (Lipinski definition) is 0. The first-order chi connectivity index (χ1) is 24.1. The fourth-order valence-corrected chi connectivity index (χ4v) is 6.89. The molecule has 4 unspecified atom stereocenters. The molecule has 0 saturated carbocycles. The molecule has 4 atom stereocenters. The van der Waals surface area contributed by atoms with Gasteiger partial charge in [-0.25, -0.2) is 19.2 Å². The van der Waals surface area contributed by atoms with Gasteiger partial charge in [0.2, 0.25) is 0 Å². The zero-order valence-electron chi connectivity index (χ0n) is 28.7. The van der Waals surface area contributed by atoms with E-state index in [1.807, 2.05) is 24.0 Å². The lowest BCUT2D eigenvalue weighted by Crippen LogP contribution is -2.34. The van der Waals surface area contributed by atoms with Crippen molar-refractivity contribution < 1.29 is 47.6 Å². The maximum absolute atomic E-state index is 12.2. The molecule has 50 heavy (non-hydrogen) atoms. The Hall–Kier alpha value is -5.24. The van der Waals surface area contributed by atoms with E-state index in [1.54, 1.807) is 0 Å². The number of carbonyl (C=O) groups excluding carboxylic acids is 4. The molecule has 5 aliphatic rings. The minimum atomic E-state index is -0.759. The van der Waals surface area contributed by atoms with Crippen molar-refractivity contribution in [1.82, 2.24) is 0 Å². The minimum absolute atomic E-state index is 0.0567. The minimum Gasteiger partial charge on any atom is -0.466 e. The van der Waals surface area contributed by atoms with Gasteiger partial charge in [0.05, 0.1) is 51.8 Å². The van der Waals surface area contributed by atoms with E-state index < -0.39 is 23.9 Å². The summed E-state index contributed by atoms with van der Waals surface area (Å²) in [5.41, 5.74) is 10.5. The number of ether oxygens (including phenoxy) is 6. The van der Waals surface area contributed by atoms with Gasteiger partial charge in [-0.2, -0.15) is 0 Å². The molecule has 7 rings (SSSR count). The van der Waals surface area contributed by atoms with Crippen molar-refractivity contribution in [3.8, 4) is 11.8 Å². The molecule has 0 spiro atoms. The predicted octanol–water partition coefficient (Wildman–Crippen LogP) is 5.33. The highest BCUT2D eigenvalue weighted by Crippen LogP contribution is 2.49. The first kappa shape index (κ1) is 36.1. The second kappa shape index (κ2) is 16.0. The number of benzene rings is 2. The monoisotopic (exact) mass is 680 g/mol. The van der Waals surface area contributed by atoms with Crippen molar-refractivity contribution in [1.29, 1.82) is 0 Å². The Kier molecular flexibility index (Phi) is 11.5. The zero-order valence-corrected chi connectivity index (χ0v) is 28.7. The molecule has 1 aliphatic carbocycles. The van der Waals surface area contributed by atoms with E-state index >= 15 is 0 Å². The lowest BCUT2D eigenvalue weighted by atomic mass is 9.74. The summed E-state index contributed by atoms with van der Waals surface area (Å²) in [6, 6.07) is 16.8. The van der Waals surface area contributed by atoms with Crippen LogP contribution in [-0.4, -0.2) is 64.5 Å². The number of hydrogen-bond acceptors (Lipinski definition) is 10. The van der Waals surface area contributed by atoms with Gasteiger partial charge in [-0.3, -0.25) is 0 Å². The van der Waals surface area contributed by atoms with Gasteiger partial charge in [0.15, 0.2) is 0 Å². The fraction of sp³-hybridized carbons (Fsp3) is 0.350. The molecule has 0 N–H and O–H groups in total. The quantitative estimate of drug-likeness (QED) is 0.135. The van der Waals surface area contributed by atoms with Gasteiger partial charge in [-0.15, -0.1) is 0 Å². The third kappa shape index (κ3) is 7.80. The Morgan fingerprint density at radius 3 is 1.66 bits per heavy atom. The van der Waals surface area contributed by atoms with Crippen LogP contribution in [0.5, 0.6) is 0 Å². The summed E-state index contributed by atoms with van der Waals surface area (Å²) >= 11 is 0. The summed E-state index contributed by atoms with van der Waals surface area (Å²) in [5, 5.41) is 0. The number of methoxy groups -OCH3 is 4. The van der Waals surface area contributed by atoms with E-state index in [4.69, 9.17) is 18.9 Å². The number of rotatable bonds is 2. The van der Waals surface area contributed by atoms with Crippen LogP contribution in [-0.2, 0) is 60.4 Å². The summed E-state index contributed by atoms with van der Waals surface area (Å²) in [7, 11) is 5.02. The van der Waals surface area contributed by atoms with Crippen molar-refractivity contribution >= 4 is 23.9 Å². The second-order valence-electron chi connectivity index (χ2n) is 12.3. The summed E-state index contributed by atoms with van der Waals surface area (Å²) < 4.78 is 30.3. The van der Waals surface area contributed by atoms with Crippen LogP contribution in [0.3, 0.4) is 0 Å². The molecule has 10 nitrogen and oxygen atoms in total. The maximum Gasteiger partial charge on any atom is 0.384 e. The Bertz CT molecular complexity index is 1830. The summed E-state index contributed by atoms with van der Waals surface area (Å²) in [6.07, 6.45) is 4.77. The van der Waals surface area contributed by atoms with Crippen LogP contribution in [0.2, 0.25) is 0 Å². The SMILES string of the molecule is C=C1CC2Cc3ccccc3C(O2)C1=C.COC(=O)C#CC(=O)OC.COC(=O)C1=C(C(=O)OC)CC2=C(C1)CC1Cc3ccccc3C2O1. The Labute approximate surface area is 291 Å². The highest BCUT2D eigenvalue weighted by atomic mass is 16.5. The van der Waals surface area contributed by atoms with Crippen LogP contribution in [0.15, 0.2) is 95.1 Å². The zero-order chi connectivity index (χ0) is 35.9. The van der Waals surface area contributed by atoms with Crippen LogP contribution in [0.1, 0.15) is 60.1 Å². The average molecular weight is 681 g/mol. The first-order valence-electron chi connectivity index (χ1n) is 16.2. The van der Waals surface area contributed by atoms with Crippen molar-refractivity contribution in [2.75, 3.05) is 28.4 Å². The van der Waals surface area contributed by atoms with Crippen molar-refractivity contribution in [2.45, 2.75) is 62.9 Å². The lowest BCUT2D eigenvalue weighted by Gasteiger charge is -2.41. The van der Waals surface area contributed by atoms with Gasteiger partial charge >= 0.3 is 23.9 Å². The van der Waals surface area contributed by atoms with Crippen molar-refractivity contribution in [2.24, 2.45) is 0 Å². The molecule has 260 valence electrons. The van der Waals surface area contributed by atoms with Crippen LogP contribution in [0.4, 0.5) is 0 Å². The maximum atomic E-state index is 12.2. The predicted molar refractivity (Wildman–Crippen MR) is 182 cm³/mol. The molecular formula is C40H40O10. The summed E-state index contributed by atoms with van der Waals surface area (Å²) in [6.45, 7) is 8.16. The molecule has 10 heteroatoms. The van der Waals surface area contributed by atoms with Gasteiger partial charge in [0.1, 0.15) is 12.2 Å². The molecule has 0 aromatic heterocycles. The molecule has 0 radical (unpaired) electrons. The molecule has 4 heterocycles. The fourth-order valence-electron chi connectivity index (χ4n) is 6.89. The molecular weight excluding hydrogens is 640 g/mol. The third-order valence-corrected chi connectivity index (χ3v) is 9.34. The van der Waals surface area contributed by atoms with Gasteiger partial charge in [-0.1, -0.05) is 67.3 Å².